The van der Waals surface area contributed by atoms with Crippen LogP contribution in [0, 0.1) is 0 Å². The van der Waals surface area contributed by atoms with Gasteiger partial charge in [0.1, 0.15) is 0 Å². The van der Waals surface area contributed by atoms with E-state index in [4.69, 9.17) is 0 Å². The number of amides is 2. The Hall–Kier alpha value is -1.40. The maximum absolute atomic E-state index is 12.1. The molecule has 0 heterocycles. The van der Waals surface area contributed by atoms with Crippen molar-refractivity contribution in [2.24, 2.45) is 0 Å². The summed E-state index contributed by atoms with van der Waals surface area (Å²) >= 11 is 0. The molecular weight excluding hydrogens is 400 g/mol. The quantitative estimate of drug-likeness (QED) is 0.290. The SMILES string of the molecule is C/C=C\c1ccc(C(=O)NCCNC(=O)CCC(C)(C)SSCCCCC)cc1. The van der Waals surface area contributed by atoms with E-state index in [9.17, 15) is 9.59 Å². The van der Waals surface area contributed by atoms with E-state index in [-0.39, 0.29) is 16.6 Å². The molecule has 0 aliphatic rings. The summed E-state index contributed by atoms with van der Waals surface area (Å²) in [6, 6.07) is 7.45. The minimum atomic E-state index is -0.121. The van der Waals surface area contributed by atoms with E-state index >= 15 is 0 Å². The molecule has 29 heavy (non-hydrogen) atoms. The van der Waals surface area contributed by atoms with Crippen LogP contribution in [0.1, 0.15) is 75.7 Å². The second-order valence-corrected chi connectivity index (χ2v) is 10.7. The predicted octanol–water partition coefficient (Wildman–Crippen LogP) is 5.70. The Kier molecular flexibility index (Phi) is 12.9. The Morgan fingerprint density at radius 3 is 2.41 bits per heavy atom. The molecule has 0 unspecified atom stereocenters. The number of hydrogen-bond acceptors (Lipinski definition) is 4. The number of nitrogens with one attached hydrogen (secondary N) is 2. The molecular formula is C23H36N2O2S2. The summed E-state index contributed by atoms with van der Waals surface area (Å²) in [5.74, 6) is 1.09. The molecule has 0 radical (unpaired) electrons. The minimum Gasteiger partial charge on any atom is -0.354 e. The van der Waals surface area contributed by atoms with E-state index in [1.807, 2.05) is 64.9 Å². The van der Waals surface area contributed by atoms with Crippen molar-refractivity contribution in [2.45, 2.75) is 64.5 Å². The first-order valence-electron chi connectivity index (χ1n) is 10.5. The summed E-state index contributed by atoms with van der Waals surface area (Å²) in [6.07, 6.45) is 9.10. The summed E-state index contributed by atoms with van der Waals surface area (Å²) in [7, 11) is 3.79. The fourth-order valence-electron chi connectivity index (χ4n) is 2.57. The molecule has 1 rings (SSSR count). The topological polar surface area (TPSA) is 58.2 Å². The van der Waals surface area contributed by atoms with Crippen LogP contribution in [0.15, 0.2) is 30.3 Å². The predicted molar refractivity (Wildman–Crippen MR) is 129 cm³/mol. The summed E-state index contributed by atoms with van der Waals surface area (Å²) in [4.78, 5) is 24.2. The fraction of sp³-hybridized carbons (Fsp3) is 0.565. The third-order valence-corrected chi connectivity index (χ3v) is 7.77. The smallest absolute Gasteiger partial charge is 0.251 e. The van der Waals surface area contributed by atoms with Gasteiger partial charge in [-0.1, -0.05) is 65.6 Å². The summed E-state index contributed by atoms with van der Waals surface area (Å²) in [6.45, 7) is 9.43. The van der Waals surface area contributed by atoms with Crippen molar-refractivity contribution in [1.29, 1.82) is 0 Å². The maximum atomic E-state index is 12.1. The van der Waals surface area contributed by atoms with Crippen LogP contribution in [-0.4, -0.2) is 35.4 Å². The third kappa shape index (κ3) is 12.0. The standard InChI is InChI=1S/C23H36N2O2S2/c1-5-7-8-18-28-29-23(3,4)15-14-21(26)24-16-17-25-22(27)20-12-10-19(9-6-2)11-13-20/h6,9-13H,5,7-8,14-18H2,1-4H3,(H,24,26)(H,25,27)/b9-6-. The lowest BCUT2D eigenvalue weighted by atomic mass is 10.1. The van der Waals surface area contributed by atoms with Crippen molar-refractivity contribution in [2.75, 3.05) is 18.8 Å². The summed E-state index contributed by atoms with van der Waals surface area (Å²) in [5, 5.41) is 5.74. The Morgan fingerprint density at radius 2 is 1.76 bits per heavy atom. The van der Waals surface area contributed by atoms with E-state index < -0.39 is 0 Å². The first-order chi connectivity index (χ1) is 13.9. The van der Waals surface area contributed by atoms with Crippen LogP contribution in [0.4, 0.5) is 0 Å². The second-order valence-electron chi connectivity index (χ2n) is 7.60. The second kappa shape index (κ2) is 14.6. The third-order valence-electron chi connectivity index (χ3n) is 4.33. The molecule has 0 bridgehead atoms. The lowest BCUT2D eigenvalue weighted by Crippen LogP contribution is -2.35. The maximum Gasteiger partial charge on any atom is 0.251 e. The van der Waals surface area contributed by atoms with E-state index in [0.717, 1.165) is 12.0 Å². The molecule has 0 fully saturated rings. The Balaban J connectivity index is 2.18. The highest BCUT2D eigenvalue weighted by atomic mass is 33.1. The monoisotopic (exact) mass is 436 g/mol. The van der Waals surface area contributed by atoms with Gasteiger partial charge < -0.3 is 10.6 Å². The highest BCUT2D eigenvalue weighted by Crippen LogP contribution is 2.39. The van der Waals surface area contributed by atoms with Crippen molar-refractivity contribution >= 4 is 39.5 Å². The average molecular weight is 437 g/mol. The van der Waals surface area contributed by atoms with E-state index in [2.05, 4.69) is 31.4 Å². The number of carbonyl (C=O) groups excluding carboxylic acids is 2. The Bertz CT molecular complexity index is 643. The Morgan fingerprint density at radius 1 is 1.07 bits per heavy atom. The first-order valence-corrected chi connectivity index (χ1v) is 12.8. The number of hydrogen-bond donors (Lipinski definition) is 2. The van der Waals surface area contributed by atoms with Crippen LogP contribution in [-0.2, 0) is 4.79 Å². The fourth-order valence-corrected chi connectivity index (χ4v) is 5.30. The van der Waals surface area contributed by atoms with Crippen molar-refractivity contribution in [3.05, 3.63) is 41.5 Å². The van der Waals surface area contributed by atoms with Crippen LogP contribution < -0.4 is 10.6 Å². The zero-order chi connectivity index (χ0) is 21.5. The van der Waals surface area contributed by atoms with Gasteiger partial charge in [0.25, 0.3) is 5.91 Å². The molecule has 0 aliphatic heterocycles. The van der Waals surface area contributed by atoms with Gasteiger partial charge in [0.15, 0.2) is 0 Å². The van der Waals surface area contributed by atoms with E-state index in [1.54, 1.807) is 0 Å². The zero-order valence-corrected chi connectivity index (χ0v) is 19.9. The molecule has 6 heteroatoms. The Labute approximate surface area is 184 Å². The molecule has 0 spiro atoms. The minimum absolute atomic E-state index is 0.0413. The number of allylic oxidation sites excluding steroid dienone is 1. The van der Waals surface area contributed by atoms with Gasteiger partial charge in [-0.25, -0.2) is 0 Å². The van der Waals surface area contributed by atoms with Crippen LogP contribution in [0.25, 0.3) is 6.08 Å². The van der Waals surface area contributed by atoms with Crippen molar-refractivity contribution in [1.82, 2.24) is 10.6 Å². The molecule has 4 nitrogen and oxygen atoms in total. The molecule has 0 aromatic heterocycles. The van der Waals surface area contributed by atoms with Gasteiger partial charge in [-0.05, 0) is 51.3 Å². The highest BCUT2D eigenvalue weighted by Gasteiger charge is 2.20. The molecule has 0 saturated heterocycles. The van der Waals surface area contributed by atoms with Crippen LogP contribution in [0.5, 0.6) is 0 Å². The van der Waals surface area contributed by atoms with Gasteiger partial charge in [0, 0.05) is 35.6 Å². The zero-order valence-electron chi connectivity index (χ0n) is 18.3. The molecule has 1 aromatic rings. The van der Waals surface area contributed by atoms with Gasteiger partial charge in [-0.3, -0.25) is 9.59 Å². The number of carbonyl (C=O) groups is 2. The number of benzene rings is 1. The largest absolute Gasteiger partial charge is 0.354 e. The lowest BCUT2D eigenvalue weighted by molar-refractivity contribution is -0.121. The molecule has 2 amide bonds. The summed E-state index contributed by atoms with van der Waals surface area (Å²) < 4.78 is 0.0849. The first kappa shape index (κ1) is 25.6. The van der Waals surface area contributed by atoms with Crippen molar-refractivity contribution in [3.8, 4) is 0 Å². The van der Waals surface area contributed by atoms with Crippen LogP contribution >= 0.6 is 21.6 Å². The molecule has 2 N–H and O–H groups in total. The number of unbranched alkanes of at least 4 members (excludes halogenated alkanes) is 2. The average Bonchev–Trinajstić information content (AvgIpc) is 2.70. The van der Waals surface area contributed by atoms with Crippen molar-refractivity contribution < 1.29 is 9.59 Å². The number of rotatable bonds is 14. The van der Waals surface area contributed by atoms with Gasteiger partial charge in [0.05, 0.1) is 0 Å². The lowest BCUT2D eigenvalue weighted by Gasteiger charge is -2.22. The molecule has 0 aliphatic carbocycles. The molecule has 0 saturated carbocycles. The van der Waals surface area contributed by atoms with Gasteiger partial charge in [0.2, 0.25) is 5.91 Å². The molecule has 1 aromatic carbocycles. The molecule has 0 atom stereocenters. The van der Waals surface area contributed by atoms with Crippen molar-refractivity contribution in [3.63, 3.8) is 0 Å². The van der Waals surface area contributed by atoms with Gasteiger partial charge in [-0.15, -0.1) is 0 Å². The van der Waals surface area contributed by atoms with E-state index in [0.29, 0.717) is 25.1 Å². The highest BCUT2D eigenvalue weighted by molar-refractivity contribution is 8.77. The van der Waals surface area contributed by atoms with E-state index in [1.165, 1.54) is 25.0 Å². The summed E-state index contributed by atoms with van der Waals surface area (Å²) in [5.41, 5.74) is 1.69. The van der Waals surface area contributed by atoms with Gasteiger partial charge >= 0.3 is 0 Å². The normalized spacial score (nSPS) is 11.6. The van der Waals surface area contributed by atoms with Gasteiger partial charge in [-0.2, -0.15) is 0 Å². The van der Waals surface area contributed by atoms with Crippen LogP contribution in [0.2, 0.25) is 0 Å². The molecule has 162 valence electrons. The van der Waals surface area contributed by atoms with Crippen LogP contribution in [0.3, 0.4) is 0 Å².